The number of carboxylic acids is 1. The second-order valence-corrected chi connectivity index (χ2v) is 5.35. The van der Waals surface area contributed by atoms with Gasteiger partial charge in [0.1, 0.15) is 11.1 Å². The molecule has 0 aliphatic heterocycles. The fourth-order valence-corrected chi connectivity index (χ4v) is 2.62. The molecule has 1 N–H and O–H groups in total. The lowest BCUT2D eigenvalue weighted by Crippen LogP contribution is -2.33. The third-order valence-corrected chi connectivity index (χ3v) is 4.16. The molecule has 1 aromatic rings. The van der Waals surface area contributed by atoms with Gasteiger partial charge in [0.15, 0.2) is 0 Å². The van der Waals surface area contributed by atoms with Gasteiger partial charge >= 0.3 is 5.97 Å². The second-order valence-electron chi connectivity index (χ2n) is 4.16. The summed E-state index contributed by atoms with van der Waals surface area (Å²) in [4.78, 5) is 24.5. The maximum absolute atomic E-state index is 12.9. The number of rotatable bonds is 7. The van der Waals surface area contributed by atoms with Crippen molar-refractivity contribution in [1.29, 1.82) is 0 Å². The van der Waals surface area contributed by atoms with Crippen molar-refractivity contribution in [2.24, 2.45) is 0 Å². The molecule has 0 radical (unpaired) electrons. The van der Waals surface area contributed by atoms with Crippen LogP contribution in [0.15, 0.2) is 24.3 Å². The molecule has 0 aromatic heterocycles. The average Bonchev–Trinajstić information content (AvgIpc) is 2.42. The van der Waals surface area contributed by atoms with Crippen molar-refractivity contribution in [3.8, 4) is 0 Å². The van der Waals surface area contributed by atoms with Gasteiger partial charge in [-0.25, -0.2) is 4.39 Å². The maximum atomic E-state index is 12.9. The van der Waals surface area contributed by atoms with E-state index in [2.05, 4.69) is 0 Å². The standard InChI is InChI=1S/C14H18FNO3S/c1-3-12(14(18)19)20-9-13(17)16(4-2)11-7-5-10(15)6-8-11/h5-8,12H,3-4,9H2,1-2H3,(H,18,19). The van der Waals surface area contributed by atoms with Crippen LogP contribution in [0.5, 0.6) is 0 Å². The van der Waals surface area contributed by atoms with Gasteiger partial charge in [-0.1, -0.05) is 6.92 Å². The summed E-state index contributed by atoms with van der Waals surface area (Å²) in [5, 5.41) is 8.36. The number of carbonyl (C=O) groups is 2. The fraction of sp³-hybridized carbons (Fsp3) is 0.429. The van der Waals surface area contributed by atoms with Crippen LogP contribution >= 0.6 is 11.8 Å². The Morgan fingerprint density at radius 3 is 2.35 bits per heavy atom. The molecular weight excluding hydrogens is 281 g/mol. The Balaban J connectivity index is 2.68. The van der Waals surface area contributed by atoms with Crippen LogP contribution < -0.4 is 4.90 Å². The minimum absolute atomic E-state index is 0.0933. The van der Waals surface area contributed by atoms with Gasteiger partial charge < -0.3 is 10.0 Å². The zero-order valence-electron chi connectivity index (χ0n) is 11.5. The van der Waals surface area contributed by atoms with Gasteiger partial charge in [-0.3, -0.25) is 9.59 Å². The quantitative estimate of drug-likeness (QED) is 0.841. The zero-order chi connectivity index (χ0) is 15.1. The van der Waals surface area contributed by atoms with E-state index < -0.39 is 11.2 Å². The first kappa shape index (κ1) is 16.5. The molecule has 0 aliphatic carbocycles. The molecule has 1 unspecified atom stereocenters. The first-order chi connectivity index (χ1) is 9.49. The number of amides is 1. The van der Waals surface area contributed by atoms with Crippen LogP contribution in [0.25, 0.3) is 0 Å². The number of nitrogens with zero attached hydrogens (tertiary/aromatic N) is 1. The molecule has 0 saturated heterocycles. The minimum atomic E-state index is -0.907. The summed E-state index contributed by atoms with van der Waals surface area (Å²) in [7, 11) is 0. The summed E-state index contributed by atoms with van der Waals surface area (Å²) in [6.07, 6.45) is 0.468. The smallest absolute Gasteiger partial charge is 0.316 e. The molecule has 110 valence electrons. The molecule has 4 nitrogen and oxygen atoms in total. The first-order valence-corrected chi connectivity index (χ1v) is 7.44. The molecule has 0 fully saturated rings. The zero-order valence-corrected chi connectivity index (χ0v) is 12.3. The Hall–Kier alpha value is -1.56. The predicted octanol–water partition coefficient (Wildman–Crippen LogP) is 2.78. The SMILES string of the molecule is CCC(SCC(=O)N(CC)c1ccc(F)cc1)C(=O)O. The number of thioether (sulfide) groups is 1. The number of hydrogen-bond acceptors (Lipinski definition) is 3. The van der Waals surface area contributed by atoms with Gasteiger partial charge in [0, 0.05) is 12.2 Å². The predicted molar refractivity (Wildman–Crippen MR) is 78.6 cm³/mol. The molecule has 1 rings (SSSR count). The first-order valence-electron chi connectivity index (χ1n) is 6.39. The van der Waals surface area contributed by atoms with E-state index in [9.17, 15) is 14.0 Å². The molecule has 0 saturated carbocycles. The largest absolute Gasteiger partial charge is 0.480 e. The Labute approximate surface area is 122 Å². The van der Waals surface area contributed by atoms with E-state index >= 15 is 0 Å². The van der Waals surface area contributed by atoms with Crippen molar-refractivity contribution < 1.29 is 19.1 Å². The van der Waals surface area contributed by atoms with Crippen molar-refractivity contribution in [2.45, 2.75) is 25.5 Å². The Morgan fingerprint density at radius 2 is 1.90 bits per heavy atom. The van der Waals surface area contributed by atoms with E-state index in [1.807, 2.05) is 6.92 Å². The molecule has 0 heterocycles. The topological polar surface area (TPSA) is 57.6 Å². The van der Waals surface area contributed by atoms with Crippen LogP contribution in [0.1, 0.15) is 20.3 Å². The highest BCUT2D eigenvalue weighted by molar-refractivity contribution is 8.01. The fourth-order valence-electron chi connectivity index (χ4n) is 1.74. The number of benzene rings is 1. The number of anilines is 1. The molecule has 1 aromatic carbocycles. The third-order valence-electron chi connectivity index (χ3n) is 2.81. The van der Waals surface area contributed by atoms with Gasteiger partial charge in [-0.05, 0) is 37.6 Å². The molecule has 1 atom stereocenters. The van der Waals surface area contributed by atoms with Gasteiger partial charge in [0.05, 0.1) is 5.75 Å². The van der Waals surface area contributed by atoms with E-state index in [1.54, 1.807) is 6.92 Å². The summed E-state index contributed by atoms with van der Waals surface area (Å²) >= 11 is 1.11. The van der Waals surface area contributed by atoms with Gasteiger partial charge in [0.2, 0.25) is 5.91 Å². The minimum Gasteiger partial charge on any atom is -0.480 e. The van der Waals surface area contributed by atoms with Crippen LogP contribution in [0.2, 0.25) is 0 Å². The summed E-state index contributed by atoms with van der Waals surface area (Å²) in [5.41, 5.74) is 0.614. The molecular formula is C14H18FNO3S. The van der Waals surface area contributed by atoms with Crippen LogP contribution in [-0.4, -0.2) is 34.5 Å². The Kier molecular flexibility index (Phi) is 6.51. The lowest BCUT2D eigenvalue weighted by molar-refractivity contribution is -0.136. The van der Waals surface area contributed by atoms with E-state index in [1.165, 1.54) is 29.2 Å². The molecule has 0 aliphatic rings. The highest BCUT2D eigenvalue weighted by Crippen LogP contribution is 2.19. The molecule has 1 amide bonds. The molecule has 6 heteroatoms. The van der Waals surface area contributed by atoms with E-state index in [-0.39, 0.29) is 17.5 Å². The summed E-state index contributed by atoms with van der Waals surface area (Å²) < 4.78 is 12.9. The Morgan fingerprint density at radius 1 is 1.30 bits per heavy atom. The lowest BCUT2D eigenvalue weighted by atomic mass is 10.3. The van der Waals surface area contributed by atoms with E-state index in [0.29, 0.717) is 18.7 Å². The van der Waals surface area contributed by atoms with Crippen molar-refractivity contribution in [1.82, 2.24) is 0 Å². The normalized spacial score (nSPS) is 11.9. The van der Waals surface area contributed by atoms with Gasteiger partial charge in [-0.2, -0.15) is 0 Å². The number of aliphatic carboxylic acids is 1. The lowest BCUT2D eigenvalue weighted by Gasteiger charge is -2.21. The number of carbonyl (C=O) groups excluding carboxylic acids is 1. The second kappa shape index (κ2) is 7.89. The highest BCUT2D eigenvalue weighted by atomic mass is 32.2. The number of hydrogen-bond donors (Lipinski definition) is 1. The van der Waals surface area contributed by atoms with Crippen LogP contribution in [0.3, 0.4) is 0 Å². The van der Waals surface area contributed by atoms with Crippen LogP contribution in [0.4, 0.5) is 10.1 Å². The highest BCUT2D eigenvalue weighted by Gasteiger charge is 2.20. The van der Waals surface area contributed by atoms with Crippen molar-refractivity contribution in [3.63, 3.8) is 0 Å². The van der Waals surface area contributed by atoms with Crippen molar-refractivity contribution in [2.75, 3.05) is 17.2 Å². The summed E-state index contributed by atoms with van der Waals surface area (Å²) in [5.74, 6) is -1.35. The van der Waals surface area contributed by atoms with E-state index in [4.69, 9.17) is 5.11 Å². The third kappa shape index (κ3) is 4.52. The maximum Gasteiger partial charge on any atom is 0.316 e. The van der Waals surface area contributed by atoms with Crippen LogP contribution in [-0.2, 0) is 9.59 Å². The monoisotopic (exact) mass is 299 g/mol. The van der Waals surface area contributed by atoms with Crippen molar-refractivity contribution in [3.05, 3.63) is 30.1 Å². The molecule has 0 bridgehead atoms. The number of halogens is 1. The van der Waals surface area contributed by atoms with Gasteiger partial charge in [-0.15, -0.1) is 11.8 Å². The van der Waals surface area contributed by atoms with Gasteiger partial charge in [0.25, 0.3) is 0 Å². The summed E-state index contributed by atoms with van der Waals surface area (Å²) in [6.45, 7) is 4.04. The molecule has 20 heavy (non-hydrogen) atoms. The Bertz CT molecular complexity index is 464. The van der Waals surface area contributed by atoms with Crippen LogP contribution in [0, 0.1) is 5.82 Å². The van der Waals surface area contributed by atoms with E-state index in [0.717, 1.165) is 11.8 Å². The summed E-state index contributed by atoms with van der Waals surface area (Å²) in [6, 6.07) is 5.67. The molecule has 0 spiro atoms. The van der Waals surface area contributed by atoms with Crippen molar-refractivity contribution >= 4 is 29.3 Å². The number of carboxylic acid groups (broad SMARTS) is 1. The average molecular weight is 299 g/mol.